The second-order valence-corrected chi connectivity index (χ2v) is 7.59. The van der Waals surface area contributed by atoms with Crippen molar-refractivity contribution in [1.29, 1.82) is 0 Å². The maximum Gasteiger partial charge on any atom is 0.275 e. The average molecular weight is 394 g/mol. The molecule has 1 aromatic heterocycles. The van der Waals surface area contributed by atoms with E-state index in [2.05, 4.69) is 0 Å². The van der Waals surface area contributed by atoms with Crippen LogP contribution in [0, 0.1) is 5.13 Å². The Balaban J connectivity index is 2.27. The van der Waals surface area contributed by atoms with Crippen molar-refractivity contribution in [1.82, 2.24) is 4.72 Å². The van der Waals surface area contributed by atoms with Gasteiger partial charge in [0.05, 0.1) is 11.5 Å². The number of sulfonamides is 1. The maximum absolute atomic E-state index is 13.0. The van der Waals surface area contributed by atoms with E-state index in [1.165, 1.54) is 25.3 Å². The number of thiophene rings is 1. The summed E-state index contributed by atoms with van der Waals surface area (Å²) in [5.74, 6) is -0.916. The van der Waals surface area contributed by atoms with Crippen LogP contribution in [0.5, 0.6) is 5.75 Å². The summed E-state index contributed by atoms with van der Waals surface area (Å²) in [5.41, 5.74) is 0. The predicted octanol–water partition coefficient (Wildman–Crippen LogP) is 2.68. The molecular weight excluding hydrogens is 381 g/mol. The van der Waals surface area contributed by atoms with E-state index in [1.807, 2.05) is 4.72 Å². The third-order valence-corrected chi connectivity index (χ3v) is 5.22. The lowest BCUT2D eigenvalue weighted by molar-refractivity contribution is 0.0985. The number of carbonyl (C=O) groups is 1. The molecule has 0 spiro atoms. The van der Waals surface area contributed by atoms with E-state index in [-0.39, 0.29) is 33.8 Å². The van der Waals surface area contributed by atoms with E-state index >= 15 is 0 Å². The molecule has 0 aliphatic rings. The molecular formula is C14H13ClFNO5S2. The molecule has 2 rings (SSSR count). The second kappa shape index (κ2) is 7.93. The number of carbonyl (C=O) groups excluding carboxylic acids is 1. The maximum atomic E-state index is 13.0. The lowest BCUT2D eigenvalue weighted by atomic mass is 10.3. The molecule has 10 heteroatoms. The van der Waals surface area contributed by atoms with Crippen molar-refractivity contribution in [3.05, 3.63) is 45.4 Å². The molecule has 1 heterocycles. The van der Waals surface area contributed by atoms with Gasteiger partial charge in [0.25, 0.3) is 15.9 Å². The van der Waals surface area contributed by atoms with Gasteiger partial charge in [-0.2, -0.15) is 4.39 Å². The largest absolute Gasteiger partial charge is 0.490 e. The highest BCUT2D eigenvalue weighted by Gasteiger charge is 2.24. The van der Waals surface area contributed by atoms with Crippen LogP contribution in [0.3, 0.4) is 0 Å². The Labute approximate surface area is 147 Å². The SMILES string of the molecule is COCCOc1ccc(Cl)cc1S(=O)(=O)NC(=O)c1ccc(F)s1. The fourth-order valence-corrected chi connectivity index (χ4v) is 3.78. The summed E-state index contributed by atoms with van der Waals surface area (Å²) in [6.45, 7) is 0.369. The normalized spacial score (nSPS) is 11.3. The quantitative estimate of drug-likeness (QED) is 0.731. The Morgan fingerprint density at radius 2 is 2.04 bits per heavy atom. The molecule has 0 atom stereocenters. The fraction of sp³-hybridized carbons (Fsp3) is 0.214. The van der Waals surface area contributed by atoms with Gasteiger partial charge in [0.2, 0.25) is 0 Å². The molecule has 1 amide bonds. The molecule has 1 N–H and O–H groups in total. The highest BCUT2D eigenvalue weighted by atomic mass is 35.5. The number of benzene rings is 1. The molecule has 6 nitrogen and oxygen atoms in total. The minimum Gasteiger partial charge on any atom is -0.490 e. The zero-order chi connectivity index (χ0) is 17.7. The van der Waals surface area contributed by atoms with E-state index in [9.17, 15) is 17.6 Å². The Hall–Kier alpha value is -1.68. The van der Waals surface area contributed by atoms with Crippen molar-refractivity contribution in [3.8, 4) is 5.75 Å². The van der Waals surface area contributed by atoms with Crippen molar-refractivity contribution < 1.29 is 27.1 Å². The van der Waals surface area contributed by atoms with Crippen LogP contribution in [-0.4, -0.2) is 34.6 Å². The monoisotopic (exact) mass is 393 g/mol. The van der Waals surface area contributed by atoms with Gasteiger partial charge in [-0.15, -0.1) is 11.3 Å². The van der Waals surface area contributed by atoms with Gasteiger partial charge in [-0.05, 0) is 30.3 Å². The van der Waals surface area contributed by atoms with Crippen molar-refractivity contribution >= 4 is 38.9 Å². The highest BCUT2D eigenvalue weighted by Crippen LogP contribution is 2.27. The Bertz CT molecular complexity index is 837. The summed E-state index contributed by atoms with van der Waals surface area (Å²) < 4.78 is 49.9. The third kappa shape index (κ3) is 4.67. The standard InChI is InChI=1S/C14H13ClFNO5S2/c1-21-6-7-22-10-3-2-9(15)8-12(10)24(19,20)17-14(18)11-4-5-13(16)23-11/h2-5,8H,6-7H2,1H3,(H,17,18). The van der Waals surface area contributed by atoms with Crippen LogP contribution in [-0.2, 0) is 14.8 Å². The van der Waals surface area contributed by atoms with E-state index in [0.717, 1.165) is 12.1 Å². The van der Waals surface area contributed by atoms with Gasteiger partial charge >= 0.3 is 0 Å². The van der Waals surface area contributed by atoms with Crippen LogP contribution in [0.4, 0.5) is 4.39 Å². The highest BCUT2D eigenvalue weighted by molar-refractivity contribution is 7.90. The van der Waals surface area contributed by atoms with Gasteiger partial charge in [0.1, 0.15) is 17.3 Å². The summed E-state index contributed by atoms with van der Waals surface area (Å²) in [4.78, 5) is 11.6. The van der Waals surface area contributed by atoms with Gasteiger partial charge in [-0.1, -0.05) is 11.6 Å². The first-order chi connectivity index (χ1) is 11.3. The molecule has 0 unspecified atom stereocenters. The number of methoxy groups -OCH3 is 1. The number of ether oxygens (including phenoxy) is 2. The molecule has 0 bridgehead atoms. The van der Waals surface area contributed by atoms with Crippen molar-refractivity contribution in [2.45, 2.75) is 4.90 Å². The Kier molecular flexibility index (Phi) is 6.16. The van der Waals surface area contributed by atoms with Crippen LogP contribution in [0.25, 0.3) is 0 Å². The summed E-state index contributed by atoms with van der Waals surface area (Å²) in [7, 11) is -2.78. The lowest BCUT2D eigenvalue weighted by Gasteiger charge is -2.12. The molecule has 0 fully saturated rings. The average Bonchev–Trinajstić information content (AvgIpc) is 2.95. The van der Waals surface area contributed by atoms with Gasteiger partial charge in [-0.25, -0.2) is 13.1 Å². The minimum absolute atomic E-state index is 0.0223. The Morgan fingerprint density at radius 3 is 2.67 bits per heavy atom. The first-order valence-electron chi connectivity index (χ1n) is 6.57. The van der Waals surface area contributed by atoms with E-state index in [1.54, 1.807) is 0 Å². The number of amides is 1. The second-order valence-electron chi connectivity index (χ2n) is 4.47. The third-order valence-electron chi connectivity index (χ3n) is 2.76. The van der Waals surface area contributed by atoms with Gasteiger partial charge in [0.15, 0.2) is 5.13 Å². The molecule has 0 aliphatic carbocycles. The number of nitrogens with one attached hydrogen (secondary N) is 1. The first-order valence-corrected chi connectivity index (χ1v) is 9.25. The van der Waals surface area contributed by atoms with Crippen LogP contribution in [0.15, 0.2) is 35.2 Å². The van der Waals surface area contributed by atoms with E-state index < -0.39 is 21.1 Å². The summed E-state index contributed by atoms with van der Waals surface area (Å²) in [5, 5.41) is -0.437. The molecule has 1 aromatic carbocycles. The van der Waals surface area contributed by atoms with Gasteiger partial charge in [0, 0.05) is 12.1 Å². The molecule has 2 aromatic rings. The minimum atomic E-state index is -4.25. The summed E-state index contributed by atoms with van der Waals surface area (Å²) in [6.07, 6.45) is 0. The van der Waals surface area contributed by atoms with Crippen molar-refractivity contribution in [3.63, 3.8) is 0 Å². The molecule has 0 aliphatic heterocycles. The van der Waals surface area contributed by atoms with Crippen molar-refractivity contribution in [2.75, 3.05) is 20.3 Å². The predicted molar refractivity (Wildman–Crippen MR) is 87.8 cm³/mol. The number of hydrogen-bond donors (Lipinski definition) is 1. The smallest absolute Gasteiger partial charge is 0.275 e. The van der Waals surface area contributed by atoms with Crippen LogP contribution in [0.2, 0.25) is 5.02 Å². The Morgan fingerprint density at radius 1 is 1.29 bits per heavy atom. The zero-order valence-corrected chi connectivity index (χ0v) is 14.8. The molecule has 24 heavy (non-hydrogen) atoms. The van der Waals surface area contributed by atoms with E-state index in [0.29, 0.717) is 11.3 Å². The fourth-order valence-electron chi connectivity index (χ4n) is 1.71. The molecule has 0 saturated carbocycles. The van der Waals surface area contributed by atoms with Gasteiger partial charge in [-0.3, -0.25) is 4.79 Å². The van der Waals surface area contributed by atoms with E-state index in [4.69, 9.17) is 21.1 Å². The van der Waals surface area contributed by atoms with Crippen LogP contribution < -0.4 is 9.46 Å². The number of halogens is 2. The molecule has 0 saturated heterocycles. The number of rotatable bonds is 7. The summed E-state index contributed by atoms with van der Waals surface area (Å²) in [6, 6.07) is 6.26. The summed E-state index contributed by atoms with van der Waals surface area (Å²) >= 11 is 6.38. The van der Waals surface area contributed by atoms with Crippen LogP contribution >= 0.6 is 22.9 Å². The topological polar surface area (TPSA) is 81.7 Å². The zero-order valence-electron chi connectivity index (χ0n) is 12.4. The first kappa shape index (κ1) is 18.7. The van der Waals surface area contributed by atoms with Gasteiger partial charge < -0.3 is 9.47 Å². The number of hydrogen-bond acceptors (Lipinski definition) is 6. The lowest BCUT2D eigenvalue weighted by Crippen LogP contribution is -2.30. The molecule has 130 valence electrons. The van der Waals surface area contributed by atoms with Crippen LogP contribution in [0.1, 0.15) is 9.67 Å². The van der Waals surface area contributed by atoms with Crippen molar-refractivity contribution in [2.24, 2.45) is 0 Å². The molecule has 0 radical (unpaired) electrons.